The third-order valence-corrected chi connectivity index (χ3v) is 7.75. The van der Waals surface area contributed by atoms with Crippen LogP contribution in [-0.4, -0.2) is 0 Å². The summed E-state index contributed by atoms with van der Waals surface area (Å²) in [5.74, 6) is 0. The van der Waals surface area contributed by atoms with Gasteiger partial charge in [0.25, 0.3) is 0 Å². The Bertz CT molecular complexity index is 1890. The van der Waals surface area contributed by atoms with Crippen LogP contribution in [0.1, 0.15) is 33.4 Å². The van der Waals surface area contributed by atoms with Crippen LogP contribution in [0.2, 0.25) is 0 Å². The van der Waals surface area contributed by atoms with Crippen LogP contribution in [0, 0.1) is 41.5 Å². The van der Waals surface area contributed by atoms with Crippen molar-refractivity contribution in [3.63, 3.8) is 0 Å². The number of aryl methyl sites for hydroxylation is 6. The summed E-state index contributed by atoms with van der Waals surface area (Å²) < 4.78 is 0. The average Bonchev–Trinajstić information content (AvgIpc) is 3.83. The van der Waals surface area contributed by atoms with Crippen molar-refractivity contribution < 1.29 is 71.2 Å². The summed E-state index contributed by atoms with van der Waals surface area (Å²) in [7, 11) is 0. The zero-order valence-electron chi connectivity index (χ0n) is 31.0. The largest absolute Gasteiger partial charge is 4.00 e. The van der Waals surface area contributed by atoms with E-state index in [1.807, 2.05) is 0 Å². The number of benzene rings is 4. The second-order valence-corrected chi connectivity index (χ2v) is 11.5. The Morgan fingerprint density at radius 1 is 0.346 bits per heavy atom. The number of rotatable bonds is 0. The molecular formula is C46H48F4Zr2. The van der Waals surface area contributed by atoms with Crippen LogP contribution < -0.4 is 18.8 Å². The second-order valence-electron chi connectivity index (χ2n) is 11.5. The van der Waals surface area contributed by atoms with Crippen LogP contribution >= 0.6 is 0 Å². The minimum atomic E-state index is 0. The van der Waals surface area contributed by atoms with Gasteiger partial charge >= 0.3 is 52.4 Å². The van der Waals surface area contributed by atoms with E-state index in [1.54, 1.807) is 0 Å². The normalized spacial score (nSPS) is 8.73. The minimum absolute atomic E-state index is 0. The quantitative estimate of drug-likeness (QED) is 0.124. The zero-order valence-corrected chi connectivity index (χ0v) is 36.0. The maximum atomic E-state index is 3.00. The topological polar surface area (TPSA) is 0 Å². The Morgan fingerprint density at radius 3 is 0.923 bits per heavy atom. The van der Waals surface area contributed by atoms with Crippen molar-refractivity contribution in [2.24, 2.45) is 0 Å². The monoisotopic (exact) mass is 856 g/mol. The molecule has 0 amide bonds. The number of hydrogen-bond acceptors (Lipinski definition) is 0. The van der Waals surface area contributed by atoms with Gasteiger partial charge in [0, 0.05) is 0 Å². The summed E-state index contributed by atoms with van der Waals surface area (Å²) in [6.07, 6.45) is 0. The van der Waals surface area contributed by atoms with Crippen LogP contribution in [0.15, 0.2) is 160 Å². The smallest absolute Gasteiger partial charge is 1.00 e. The SMILES string of the molecule is C=C.C=C.Cc1cc2c(C)cccc2[cH-]1.Cc1cc2c(C)cccc2[cH-]1.Cc1cc2ccccc2[cH-]1.Cc1cc2ccccc2[cH-]1.[F-].[F-].[F-].[F-].[Zr+4].[Zr+4]. The predicted molar refractivity (Wildman–Crippen MR) is 209 cm³/mol. The number of halogens is 4. The van der Waals surface area contributed by atoms with Crippen molar-refractivity contribution in [3.05, 3.63) is 193 Å². The summed E-state index contributed by atoms with van der Waals surface area (Å²) in [4.78, 5) is 0. The molecule has 0 radical (unpaired) electrons. The Morgan fingerprint density at radius 2 is 0.615 bits per heavy atom. The van der Waals surface area contributed by atoms with Crippen LogP contribution in [0.4, 0.5) is 0 Å². The molecule has 0 N–H and O–H groups in total. The molecule has 0 unspecified atom stereocenters. The van der Waals surface area contributed by atoms with Crippen molar-refractivity contribution in [2.75, 3.05) is 0 Å². The van der Waals surface area contributed by atoms with E-state index in [4.69, 9.17) is 0 Å². The Hall–Kier alpha value is -3.71. The molecule has 8 rings (SSSR count). The number of hydrogen-bond donors (Lipinski definition) is 0. The first-order valence-corrected chi connectivity index (χ1v) is 15.8. The second kappa shape index (κ2) is 27.9. The molecule has 6 heteroatoms. The predicted octanol–water partition coefficient (Wildman–Crippen LogP) is 1.70. The Kier molecular flexibility index (Phi) is 29.5. The molecule has 52 heavy (non-hydrogen) atoms. The molecule has 8 aromatic rings. The molecule has 0 bridgehead atoms. The van der Waals surface area contributed by atoms with Crippen molar-refractivity contribution >= 4 is 43.1 Å². The molecule has 0 aliphatic rings. The van der Waals surface area contributed by atoms with Gasteiger partial charge in [-0.25, -0.2) is 0 Å². The van der Waals surface area contributed by atoms with Crippen molar-refractivity contribution in [1.82, 2.24) is 0 Å². The fourth-order valence-electron chi connectivity index (χ4n) is 5.69. The molecule has 0 saturated heterocycles. The fourth-order valence-corrected chi connectivity index (χ4v) is 5.69. The molecule has 8 aromatic carbocycles. The fraction of sp³-hybridized carbons (Fsp3) is 0.130. The standard InChI is InChI=1S/2C11H11.2C10H9.2C2H4.4FH.2Zr/c2*1-8-6-10-5-3-4-9(2)11(10)7-8;2*1-8-6-9-4-2-3-5-10(9)7-8;2*1-2;;;;;;/h2*3-7H,1-2H3;2*2-7H,1H3;2*1-2H2;4*1H;;/q4*-1;;;;;;;2*+4/p-4. The molecule has 0 aliphatic heterocycles. The minimum Gasteiger partial charge on any atom is -1.00 e. The molecule has 0 aliphatic carbocycles. The molecule has 0 fully saturated rings. The average molecular weight is 859 g/mol. The van der Waals surface area contributed by atoms with Gasteiger partial charge in [0.1, 0.15) is 0 Å². The van der Waals surface area contributed by atoms with Gasteiger partial charge in [-0.3, -0.25) is 0 Å². The first-order valence-electron chi connectivity index (χ1n) is 15.8. The summed E-state index contributed by atoms with van der Waals surface area (Å²) >= 11 is 0. The van der Waals surface area contributed by atoms with Crippen LogP contribution in [-0.2, 0) is 52.4 Å². The Labute approximate surface area is 346 Å². The van der Waals surface area contributed by atoms with E-state index in [0.29, 0.717) is 0 Å². The maximum Gasteiger partial charge on any atom is 4.00 e. The van der Waals surface area contributed by atoms with Gasteiger partial charge in [-0.2, -0.15) is 24.3 Å². The molecule has 268 valence electrons. The van der Waals surface area contributed by atoms with Gasteiger partial charge in [0.2, 0.25) is 0 Å². The van der Waals surface area contributed by atoms with Crippen LogP contribution in [0.3, 0.4) is 0 Å². The van der Waals surface area contributed by atoms with Crippen LogP contribution in [0.5, 0.6) is 0 Å². The summed E-state index contributed by atoms with van der Waals surface area (Å²) in [6, 6.07) is 47.4. The van der Waals surface area contributed by atoms with Gasteiger partial charge < -0.3 is 18.8 Å². The maximum absolute atomic E-state index is 3.00. The zero-order chi connectivity index (χ0) is 33.6. The summed E-state index contributed by atoms with van der Waals surface area (Å²) in [5.41, 5.74) is 8.15. The molecule has 0 atom stereocenters. The third-order valence-electron chi connectivity index (χ3n) is 7.75. The first-order chi connectivity index (χ1) is 22.3. The van der Waals surface area contributed by atoms with E-state index in [0.717, 1.165) is 0 Å². The molecule has 0 aromatic heterocycles. The van der Waals surface area contributed by atoms with E-state index in [1.165, 1.54) is 76.5 Å². The van der Waals surface area contributed by atoms with E-state index < -0.39 is 0 Å². The van der Waals surface area contributed by atoms with Crippen molar-refractivity contribution in [1.29, 1.82) is 0 Å². The van der Waals surface area contributed by atoms with Gasteiger partial charge in [0.05, 0.1) is 0 Å². The van der Waals surface area contributed by atoms with Gasteiger partial charge in [-0.15, -0.1) is 177 Å². The Balaban J connectivity index is -0.000000276. The van der Waals surface area contributed by atoms with Gasteiger partial charge in [-0.05, 0) is 13.8 Å². The summed E-state index contributed by atoms with van der Waals surface area (Å²) in [5, 5.41) is 10.9. The van der Waals surface area contributed by atoms with E-state index in [9.17, 15) is 0 Å². The summed E-state index contributed by atoms with van der Waals surface area (Å²) in [6.45, 7) is 24.8. The van der Waals surface area contributed by atoms with E-state index in [-0.39, 0.29) is 71.2 Å². The molecule has 0 spiro atoms. The van der Waals surface area contributed by atoms with Crippen molar-refractivity contribution in [2.45, 2.75) is 41.5 Å². The first kappa shape index (κ1) is 55.0. The van der Waals surface area contributed by atoms with Crippen molar-refractivity contribution in [3.8, 4) is 0 Å². The van der Waals surface area contributed by atoms with E-state index in [2.05, 4.69) is 201 Å². The van der Waals surface area contributed by atoms with E-state index >= 15 is 0 Å². The third kappa shape index (κ3) is 15.5. The van der Waals surface area contributed by atoms with Gasteiger partial charge in [-0.1, -0.05) is 63.1 Å². The van der Waals surface area contributed by atoms with Gasteiger partial charge in [0.15, 0.2) is 0 Å². The number of fused-ring (bicyclic) bond motifs is 4. The molecule has 0 heterocycles. The molecular weight excluding hydrogens is 811 g/mol. The van der Waals surface area contributed by atoms with Crippen LogP contribution in [0.25, 0.3) is 43.1 Å². The molecule has 0 nitrogen and oxygen atoms in total. The molecule has 0 saturated carbocycles.